The summed E-state index contributed by atoms with van der Waals surface area (Å²) in [5, 5.41) is 20.6. The van der Waals surface area contributed by atoms with Gasteiger partial charge in [-0.15, -0.1) is 0 Å². The topological polar surface area (TPSA) is 219 Å². The first-order valence-electron chi connectivity index (χ1n) is 29.3. The van der Waals surface area contributed by atoms with Crippen LogP contribution in [0.25, 0.3) is 0 Å². The average molecular weight is 1300 g/mol. The molecule has 0 aromatic carbocycles. The van der Waals surface area contributed by atoms with E-state index in [9.17, 15) is 29.4 Å². The molecular weight excluding hydrogens is 1180 g/mol. The smallest absolute Gasteiger partial charge is 0.317 e. The Kier molecular flexibility index (Phi) is 35.2. The minimum absolute atomic E-state index is 0.0508. The SMILES string of the molecule is CCCCCC[Si](C)(O[Si](C)(C)C)O[Si](C)(CCC(CC(=O)OCCOCCOCC(C)OC(=O)CC(CC[Si](C)(O[Si](C)(C)O[Si](C)(C)C)O[Si](C)(CCCCCC)O[Si](C)(C)C)C(=O)O)C(=O)O)O[Si](C)(C)O[Si](C)(C)C. The Labute approximate surface area is 490 Å². The monoisotopic (exact) mass is 1300 g/mol. The van der Waals surface area contributed by atoms with Crippen molar-refractivity contribution in [2.24, 2.45) is 11.8 Å². The van der Waals surface area contributed by atoms with E-state index in [0.29, 0.717) is 12.1 Å². The second kappa shape index (κ2) is 35.3. The van der Waals surface area contributed by atoms with Gasteiger partial charge in [-0.3, -0.25) is 19.2 Å². The van der Waals surface area contributed by atoms with Gasteiger partial charge < -0.3 is 62.1 Å². The first kappa shape index (κ1) is 78.6. The fourth-order valence-corrected chi connectivity index (χ4v) is 57.8. The van der Waals surface area contributed by atoms with Crippen molar-refractivity contribution >= 4 is 109 Å². The molecule has 0 radical (unpaired) electrons. The molecule has 0 saturated carbocycles. The highest BCUT2D eigenvalue weighted by atomic mass is 28.5. The molecule has 0 aromatic heterocycles. The van der Waals surface area contributed by atoms with Gasteiger partial charge >= 0.3 is 75.2 Å². The van der Waals surface area contributed by atoms with Crippen LogP contribution in [0.3, 0.4) is 0 Å². The van der Waals surface area contributed by atoms with Gasteiger partial charge in [0, 0.05) is 0 Å². The lowest BCUT2D eigenvalue weighted by Gasteiger charge is -2.44. The van der Waals surface area contributed by atoms with Crippen LogP contribution in [0.2, 0.25) is 155 Å². The molecule has 0 fully saturated rings. The molecule has 0 aliphatic rings. The van der Waals surface area contributed by atoms with Crippen molar-refractivity contribution in [3.8, 4) is 0 Å². The van der Waals surface area contributed by atoms with Gasteiger partial charge in [-0.1, -0.05) is 65.2 Å². The van der Waals surface area contributed by atoms with Crippen LogP contribution in [0.4, 0.5) is 0 Å². The highest BCUT2D eigenvalue weighted by Gasteiger charge is 2.51. The van der Waals surface area contributed by atoms with Crippen molar-refractivity contribution in [3.05, 3.63) is 0 Å². The summed E-state index contributed by atoms with van der Waals surface area (Å²) in [7, 11) is -25.4. The third-order valence-electron chi connectivity index (χ3n) is 11.9. The molecule has 0 aliphatic carbocycles. The largest absolute Gasteiger partial charge is 0.481 e. The van der Waals surface area contributed by atoms with E-state index in [1.165, 1.54) is 0 Å². The Morgan fingerprint density at radius 3 is 1.09 bits per heavy atom. The molecule has 18 nitrogen and oxygen atoms in total. The molecule has 0 rings (SSSR count). The number of carboxylic acid groups (broad SMARTS) is 2. The van der Waals surface area contributed by atoms with Crippen molar-refractivity contribution in [1.82, 2.24) is 0 Å². The Morgan fingerprint density at radius 1 is 0.392 bits per heavy atom. The molecule has 0 saturated heterocycles. The van der Waals surface area contributed by atoms with Crippen LogP contribution >= 0.6 is 0 Å². The quantitative estimate of drug-likeness (QED) is 0.0329. The van der Waals surface area contributed by atoms with E-state index in [2.05, 4.69) is 106 Å². The van der Waals surface area contributed by atoms with Gasteiger partial charge in [0.15, 0.2) is 33.3 Å². The number of aliphatic carboxylic acids is 2. The highest BCUT2D eigenvalue weighted by Crippen LogP contribution is 2.36. The van der Waals surface area contributed by atoms with Crippen LogP contribution in [0.1, 0.15) is 97.8 Å². The Morgan fingerprint density at radius 2 is 0.734 bits per heavy atom. The van der Waals surface area contributed by atoms with Gasteiger partial charge in [0.2, 0.25) is 0 Å². The zero-order valence-electron chi connectivity index (χ0n) is 54.0. The van der Waals surface area contributed by atoms with E-state index in [1.54, 1.807) is 6.92 Å². The lowest BCUT2D eigenvalue weighted by atomic mass is 10.0. The summed E-state index contributed by atoms with van der Waals surface area (Å²) in [6.07, 6.45) is 7.64. The highest BCUT2D eigenvalue weighted by molar-refractivity contribution is 6.92. The Bertz CT molecular complexity index is 1800. The Balaban J connectivity index is 5.53. The minimum atomic E-state index is -3.15. The van der Waals surface area contributed by atoms with Gasteiger partial charge in [0.1, 0.15) is 12.7 Å². The van der Waals surface area contributed by atoms with Crippen LogP contribution in [0.5, 0.6) is 0 Å². The van der Waals surface area contributed by atoms with Crippen molar-refractivity contribution < 1.29 is 81.3 Å². The van der Waals surface area contributed by atoms with E-state index < -0.39 is 126 Å². The van der Waals surface area contributed by atoms with Crippen molar-refractivity contribution in [2.45, 2.75) is 259 Å². The molecule has 79 heavy (non-hydrogen) atoms. The molecule has 28 heteroatoms. The third kappa shape index (κ3) is 40.6. The Hall–Kier alpha value is -0.351. The zero-order valence-corrected chi connectivity index (χ0v) is 64.0. The van der Waals surface area contributed by atoms with Crippen LogP contribution in [-0.2, 0) is 71.0 Å². The molecule has 0 bridgehead atoms. The van der Waals surface area contributed by atoms with Gasteiger partial charge in [-0.2, -0.15) is 0 Å². The summed E-state index contributed by atoms with van der Waals surface area (Å²) in [4.78, 5) is 51.5. The summed E-state index contributed by atoms with van der Waals surface area (Å²) in [6, 6.07) is 2.31. The summed E-state index contributed by atoms with van der Waals surface area (Å²) in [5.74, 6) is -5.52. The molecule has 0 amide bonds. The van der Waals surface area contributed by atoms with Gasteiger partial charge in [0.05, 0.1) is 51.1 Å². The number of hydrogen-bond donors (Lipinski definition) is 2. The standard InChI is InChI=1S/C51H116O18Si10/c1-24-26-28-30-38-76(20,64-72(10,11)12)68-78(22,66-74(16,17)62-70(4,5)6)40-32-46(50(54)55)42-48(52)60-37-36-58-34-35-59-44-45(3)61-49(53)43-47(51(56)57)33-41-79(23,67-75(18,19)63-71(7,8)9)69-77(21,65-73(13,14)15)39-31-29-27-25-2/h45-47H,24-44H2,1-23H3,(H,54,55)(H,56,57). The molecule has 0 spiro atoms. The maximum Gasteiger partial charge on any atom is 0.317 e. The van der Waals surface area contributed by atoms with E-state index in [-0.39, 0.29) is 58.7 Å². The number of carboxylic acids is 2. The van der Waals surface area contributed by atoms with E-state index in [1.807, 2.05) is 39.3 Å². The fraction of sp³-hybridized carbons (Fsp3) is 0.922. The first-order chi connectivity index (χ1) is 35.8. The van der Waals surface area contributed by atoms with Crippen LogP contribution in [-0.4, -0.2) is 158 Å². The molecule has 2 N–H and O–H groups in total. The molecule has 7 unspecified atom stereocenters. The maximum absolute atomic E-state index is 13.2. The summed E-state index contributed by atoms with van der Waals surface area (Å²) < 4.78 is 77.5. The molecule has 468 valence electrons. The molecule has 0 heterocycles. The normalized spacial score (nSPS) is 17.4. The molecule has 0 aliphatic heterocycles. The fourth-order valence-electron chi connectivity index (χ4n) is 9.95. The number of unbranched alkanes of at least 4 members (excludes halogenated alkanes) is 6. The number of carbonyl (C=O) groups is 4. The van der Waals surface area contributed by atoms with Crippen molar-refractivity contribution in [2.75, 3.05) is 33.0 Å². The minimum Gasteiger partial charge on any atom is -0.481 e. The van der Waals surface area contributed by atoms with E-state index in [0.717, 1.165) is 63.5 Å². The van der Waals surface area contributed by atoms with Crippen molar-refractivity contribution in [3.63, 3.8) is 0 Å². The predicted octanol–water partition coefficient (Wildman–Crippen LogP) is 13.8. The summed E-state index contributed by atoms with van der Waals surface area (Å²) in [5.41, 5.74) is 0. The molecule has 7 atom stereocenters. The lowest BCUT2D eigenvalue weighted by molar-refractivity contribution is -0.157. The lowest BCUT2D eigenvalue weighted by Crippen LogP contribution is -2.60. The number of ether oxygens (including phenoxy) is 4. The number of hydrogen-bond acceptors (Lipinski definition) is 16. The number of carbonyl (C=O) groups excluding carboxylic acids is 2. The second-order valence-electron chi connectivity index (χ2n) is 27.0. The van der Waals surface area contributed by atoms with Gasteiger partial charge in [0.25, 0.3) is 0 Å². The number of rotatable bonds is 47. The van der Waals surface area contributed by atoms with Crippen LogP contribution in [0, 0.1) is 11.8 Å². The third-order valence-corrected chi connectivity index (χ3v) is 48.3. The van der Waals surface area contributed by atoms with Crippen LogP contribution in [0.15, 0.2) is 0 Å². The van der Waals surface area contributed by atoms with E-state index >= 15 is 0 Å². The zero-order chi connectivity index (χ0) is 61.4. The summed E-state index contributed by atoms with van der Waals surface area (Å²) in [6.45, 7) is 48.4. The summed E-state index contributed by atoms with van der Waals surface area (Å²) >= 11 is 0. The van der Waals surface area contributed by atoms with Crippen LogP contribution < -0.4 is 0 Å². The molecular formula is C51H116O18Si10. The van der Waals surface area contributed by atoms with Gasteiger partial charge in [-0.05, 0) is 175 Å². The average Bonchev–Trinajstić information content (AvgIpc) is 3.21. The van der Waals surface area contributed by atoms with Crippen molar-refractivity contribution in [1.29, 1.82) is 0 Å². The first-order valence-corrected chi connectivity index (χ1v) is 58.7. The van der Waals surface area contributed by atoms with E-state index in [4.69, 9.17) is 51.9 Å². The van der Waals surface area contributed by atoms with Gasteiger partial charge in [-0.25, -0.2) is 0 Å². The maximum atomic E-state index is 13.2. The second-order valence-corrected chi connectivity index (χ2v) is 67.1. The predicted molar refractivity (Wildman–Crippen MR) is 340 cm³/mol. The molecule has 0 aromatic rings. The number of esters is 2.